The number of aromatic nitrogens is 1. The molecule has 0 amide bonds. The molecule has 25 heavy (non-hydrogen) atoms. The number of ether oxygens (including phenoxy) is 1. The Bertz CT molecular complexity index is 797. The fourth-order valence-electron chi connectivity index (χ4n) is 2.26. The summed E-state index contributed by atoms with van der Waals surface area (Å²) < 4.78 is 34.1. The summed E-state index contributed by atoms with van der Waals surface area (Å²) in [5, 5.41) is 0. The molecule has 0 bridgehead atoms. The molecule has 0 saturated heterocycles. The third kappa shape index (κ3) is 5.19. The van der Waals surface area contributed by atoms with Gasteiger partial charge in [0, 0.05) is 6.20 Å². The minimum Gasteiger partial charge on any atom is -0.492 e. The van der Waals surface area contributed by atoms with Crippen LogP contribution in [0.3, 0.4) is 0 Å². The topological polar surface area (TPSA) is 68.3 Å². The molecule has 6 heteroatoms. The minimum absolute atomic E-state index is 0.153. The van der Waals surface area contributed by atoms with E-state index in [1.165, 1.54) is 6.20 Å². The van der Waals surface area contributed by atoms with Crippen molar-refractivity contribution in [1.82, 2.24) is 4.98 Å². The Labute approximate surface area is 150 Å². The van der Waals surface area contributed by atoms with E-state index in [-0.39, 0.29) is 10.3 Å². The van der Waals surface area contributed by atoms with Crippen molar-refractivity contribution < 1.29 is 13.2 Å². The summed E-state index contributed by atoms with van der Waals surface area (Å²) in [6.07, 6.45) is 4.92. The summed E-state index contributed by atoms with van der Waals surface area (Å²) in [4.78, 5) is 4.10. The van der Waals surface area contributed by atoms with E-state index in [4.69, 9.17) is 4.74 Å². The molecule has 0 unspecified atom stereocenters. The van der Waals surface area contributed by atoms with Gasteiger partial charge in [0.05, 0.1) is 18.5 Å². The van der Waals surface area contributed by atoms with Crippen LogP contribution in [-0.4, -0.2) is 20.0 Å². The van der Waals surface area contributed by atoms with Gasteiger partial charge in [0.2, 0.25) is 0 Å². The summed E-state index contributed by atoms with van der Waals surface area (Å²) in [7, 11) is -3.78. The highest BCUT2D eigenvalue weighted by Gasteiger charge is 2.24. The predicted molar refractivity (Wildman–Crippen MR) is 101 cm³/mol. The molecule has 0 spiro atoms. The van der Waals surface area contributed by atoms with Crippen LogP contribution in [0.4, 0.5) is 5.69 Å². The monoisotopic (exact) mass is 362 g/mol. The molecule has 136 valence electrons. The van der Waals surface area contributed by atoms with Gasteiger partial charge < -0.3 is 4.74 Å². The van der Waals surface area contributed by atoms with E-state index in [1.54, 1.807) is 30.5 Å². The molecular formula is C19H26N2O3S. The van der Waals surface area contributed by atoms with E-state index >= 15 is 0 Å². The van der Waals surface area contributed by atoms with Crippen LogP contribution in [0.25, 0.3) is 0 Å². The van der Waals surface area contributed by atoms with Crippen LogP contribution in [0.15, 0.2) is 47.6 Å². The molecule has 1 aromatic carbocycles. The van der Waals surface area contributed by atoms with E-state index in [1.807, 2.05) is 26.8 Å². The average molecular weight is 362 g/mol. The van der Waals surface area contributed by atoms with Crippen molar-refractivity contribution in [1.29, 1.82) is 0 Å². The van der Waals surface area contributed by atoms with E-state index in [9.17, 15) is 8.42 Å². The zero-order valence-corrected chi connectivity index (χ0v) is 16.1. The summed E-state index contributed by atoms with van der Waals surface area (Å²) in [6.45, 7) is 8.69. The number of pyridine rings is 1. The molecule has 0 saturated carbocycles. The Morgan fingerprint density at radius 3 is 2.56 bits per heavy atom. The highest BCUT2D eigenvalue weighted by Crippen LogP contribution is 2.32. The smallest absolute Gasteiger partial charge is 0.265 e. The molecule has 1 N–H and O–H groups in total. The summed E-state index contributed by atoms with van der Waals surface area (Å²) in [5.74, 6) is 0.373. The lowest BCUT2D eigenvalue weighted by Gasteiger charge is -2.21. The maximum absolute atomic E-state index is 12.9. The van der Waals surface area contributed by atoms with Crippen molar-refractivity contribution in [3.8, 4) is 5.75 Å². The van der Waals surface area contributed by atoms with Crippen LogP contribution < -0.4 is 9.46 Å². The Balaban J connectivity index is 2.43. The fourth-order valence-corrected chi connectivity index (χ4v) is 3.48. The number of nitrogens with one attached hydrogen (secondary N) is 1. The Hall–Kier alpha value is -2.08. The number of sulfonamides is 1. The summed E-state index contributed by atoms with van der Waals surface area (Å²) in [5.41, 5.74) is 1.19. The lowest BCUT2D eigenvalue weighted by atomic mass is 9.87. The summed E-state index contributed by atoms with van der Waals surface area (Å²) >= 11 is 0. The minimum atomic E-state index is -3.78. The molecule has 5 nitrogen and oxygen atoms in total. The SMILES string of the molecule is CCCCOc1ccc(C(C)(C)C)cc1S(=O)(=O)Nc1cccnc1. The van der Waals surface area contributed by atoms with Crippen molar-refractivity contribution in [2.75, 3.05) is 11.3 Å². The Kier molecular flexibility index (Phi) is 6.06. The van der Waals surface area contributed by atoms with E-state index in [0.29, 0.717) is 18.0 Å². The molecule has 1 aromatic heterocycles. The first kappa shape index (κ1) is 19.2. The average Bonchev–Trinajstić information content (AvgIpc) is 2.55. The van der Waals surface area contributed by atoms with Gasteiger partial charge in [-0.2, -0.15) is 0 Å². The molecule has 1 heterocycles. The van der Waals surface area contributed by atoms with Crippen molar-refractivity contribution in [3.05, 3.63) is 48.3 Å². The predicted octanol–water partition coefficient (Wildman–Crippen LogP) is 4.36. The molecule has 2 rings (SSSR count). The number of hydrogen-bond acceptors (Lipinski definition) is 4. The van der Waals surface area contributed by atoms with Gasteiger partial charge in [0.15, 0.2) is 0 Å². The van der Waals surface area contributed by atoms with Crippen LogP contribution in [0.1, 0.15) is 46.1 Å². The van der Waals surface area contributed by atoms with Crippen molar-refractivity contribution >= 4 is 15.7 Å². The Morgan fingerprint density at radius 2 is 1.96 bits per heavy atom. The maximum Gasteiger partial charge on any atom is 0.265 e. The zero-order valence-electron chi connectivity index (χ0n) is 15.2. The third-order valence-electron chi connectivity index (χ3n) is 3.77. The van der Waals surface area contributed by atoms with Crippen molar-refractivity contribution in [2.45, 2.75) is 50.8 Å². The molecule has 0 fully saturated rings. The third-order valence-corrected chi connectivity index (χ3v) is 5.17. The number of unbranched alkanes of at least 4 members (excludes halogenated alkanes) is 1. The van der Waals surface area contributed by atoms with Crippen LogP contribution in [-0.2, 0) is 15.4 Å². The normalized spacial score (nSPS) is 12.0. The number of rotatable bonds is 7. The molecule has 0 atom stereocenters. The van der Waals surface area contributed by atoms with Crippen LogP contribution >= 0.6 is 0 Å². The Morgan fingerprint density at radius 1 is 1.20 bits per heavy atom. The number of nitrogens with zero attached hydrogens (tertiary/aromatic N) is 1. The maximum atomic E-state index is 12.9. The second-order valence-electron chi connectivity index (χ2n) is 6.96. The molecule has 0 aliphatic heterocycles. The van der Waals surface area contributed by atoms with Gasteiger partial charge in [-0.3, -0.25) is 9.71 Å². The quantitative estimate of drug-likeness (QED) is 0.743. The van der Waals surface area contributed by atoms with Crippen LogP contribution in [0, 0.1) is 0 Å². The van der Waals surface area contributed by atoms with E-state index < -0.39 is 10.0 Å². The molecule has 0 aliphatic rings. The lowest BCUT2D eigenvalue weighted by Crippen LogP contribution is -2.17. The largest absolute Gasteiger partial charge is 0.492 e. The van der Waals surface area contributed by atoms with Gasteiger partial charge in [0.25, 0.3) is 10.0 Å². The molecule has 0 aliphatic carbocycles. The fraction of sp³-hybridized carbons (Fsp3) is 0.421. The molecule has 2 aromatic rings. The van der Waals surface area contributed by atoms with E-state index in [2.05, 4.69) is 16.6 Å². The van der Waals surface area contributed by atoms with Crippen LogP contribution in [0.2, 0.25) is 0 Å². The first-order valence-electron chi connectivity index (χ1n) is 8.44. The van der Waals surface area contributed by atoms with Gasteiger partial charge in [-0.05, 0) is 41.7 Å². The standard InChI is InChI=1S/C19H26N2O3S/c1-5-6-12-24-17-10-9-15(19(2,3)4)13-18(17)25(22,23)21-16-8-7-11-20-14-16/h7-11,13-14,21H,5-6,12H2,1-4H3. The summed E-state index contributed by atoms with van der Waals surface area (Å²) in [6, 6.07) is 8.70. The zero-order chi connectivity index (χ0) is 18.5. The van der Waals surface area contributed by atoms with E-state index in [0.717, 1.165) is 18.4 Å². The second kappa shape index (κ2) is 7.87. The first-order valence-corrected chi connectivity index (χ1v) is 9.92. The van der Waals surface area contributed by atoms with Crippen molar-refractivity contribution in [3.63, 3.8) is 0 Å². The highest BCUT2D eigenvalue weighted by molar-refractivity contribution is 7.92. The van der Waals surface area contributed by atoms with Gasteiger partial charge >= 0.3 is 0 Å². The first-order chi connectivity index (χ1) is 11.7. The lowest BCUT2D eigenvalue weighted by molar-refractivity contribution is 0.301. The number of benzene rings is 1. The second-order valence-corrected chi connectivity index (χ2v) is 8.61. The van der Waals surface area contributed by atoms with Gasteiger partial charge in [-0.25, -0.2) is 8.42 Å². The van der Waals surface area contributed by atoms with Crippen molar-refractivity contribution in [2.24, 2.45) is 0 Å². The molecule has 0 radical (unpaired) electrons. The van der Waals surface area contributed by atoms with Gasteiger partial charge in [0.1, 0.15) is 10.6 Å². The highest BCUT2D eigenvalue weighted by atomic mass is 32.2. The number of hydrogen-bond donors (Lipinski definition) is 1. The number of anilines is 1. The van der Waals surface area contributed by atoms with Gasteiger partial charge in [-0.15, -0.1) is 0 Å². The molecular weight excluding hydrogens is 336 g/mol. The van der Waals surface area contributed by atoms with Gasteiger partial charge in [-0.1, -0.05) is 40.2 Å². The van der Waals surface area contributed by atoms with Crippen LogP contribution in [0.5, 0.6) is 5.75 Å².